The fourth-order valence-corrected chi connectivity index (χ4v) is 3.18. The van der Waals surface area contributed by atoms with Gasteiger partial charge in [-0.2, -0.15) is 0 Å². The van der Waals surface area contributed by atoms with Gasteiger partial charge < -0.3 is 15.5 Å². The number of carboxylic acid groups (broad SMARTS) is 1. The summed E-state index contributed by atoms with van der Waals surface area (Å²) in [6, 6.07) is 14.4. The van der Waals surface area contributed by atoms with Gasteiger partial charge in [-0.25, -0.2) is 4.79 Å². The molecule has 2 unspecified atom stereocenters. The van der Waals surface area contributed by atoms with Crippen molar-refractivity contribution in [3.8, 4) is 0 Å². The number of rotatable bonds is 7. The van der Waals surface area contributed by atoms with Crippen molar-refractivity contribution in [1.29, 1.82) is 0 Å². The maximum atomic E-state index is 12.6. The Morgan fingerprint density at radius 3 is 2.40 bits per heavy atom. The first-order chi connectivity index (χ1) is 11.9. The van der Waals surface area contributed by atoms with E-state index in [9.17, 15) is 19.3 Å². The van der Waals surface area contributed by atoms with Gasteiger partial charge in [0.1, 0.15) is 0 Å². The number of nitrogens with one attached hydrogen (secondary N) is 1. The van der Waals surface area contributed by atoms with E-state index in [2.05, 4.69) is 5.32 Å². The number of aromatic carboxylic acids is 1. The molecule has 0 aromatic heterocycles. The molecule has 2 aromatic carbocycles. The van der Waals surface area contributed by atoms with Crippen LogP contribution in [0.15, 0.2) is 54.6 Å². The number of anilines is 1. The Morgan fingerprint density at radius 1 is 1.12 bits per heavy atom. The Balaban J connectivity index is 2.28. The minimum atomic E-state index is -2.45. The van der Waals surface area contributed by atoms with E-state index in [1.54, 1.807) is 30.3 Å². The first-order valence-electron chi connectivity index (χ1n) is 7.40. The third-order valence-electron chi connectivity index (χ3n) is 3.65. The van der Waals surface area contributed by atoms with Crippen molar-refractivity contribution in [1.82, 2.24) is 0 Å². The summed E-state index contributed by atoms with van der Waals surface area (Å²) < 4.78 is 12.3. The van der Waals surface area contributed by atoms with Crippen LogP contribution in [0.3, 0.4) is 0 Å². The van der Waals surface area contributed by atoms with Crippen molar-refractivity contribution < 1.29 is 24.4 Å². The smallest absolute Gasteiger partial charge is 0.398 e. The number of benzene rings is 2. The SMILES string of the molecule is NC(Cc1ccccc1)(C(=O)Nc1cccc(C(=O)O)c1)[P+](=O)CO. The maximum Gasteiger partial charge on any atom is 0.398 e. The van der Waals surface area contributed by atoms with Crippen LogP contribution in [0.1, 0.15) is 15.9 Å². The first kappa shape index (κ1) is 18.7. The fraction of sp³-hybridized carbons (Fsp3) is 0.176. The number of amides is 1. The molecule has 0 aliphatic rings. The molecule has 0 aliphatic carbocycles. The standard InChI is InChI=1S/C17H17N2O5P/c18-17(25(24)11-20,10-12-5-2-1-3-6-12)16(23)19-14-8-4-7-13(9-14)15(21)22/h1-9,20H,10-11,18H2,(H-,19,21,22,23)/p+1. The predicted molar refractivity (Wildman–Crippen MR) is 93.8 cm³/mol. The molecule has 2 atom stereocenters. The van der Waals surface area contributed by atoms with E-state index in [0.29, 0.717) is 5.56 Å². The third-order valence-corrected chi connectivity index (χ3v) is 5.16. The number of carboxylic acids is 1. The van der Waals surface area contributed by atoms with Crippen LogP contribution >= 0.6 is 7.80 Å². The lowest BCUT2D eigenvalue weighted by atomic mass is 10.1. The van der Waals surface area contributed by atoms with Crippen molar-refractivity contribution in [2.24, 2.45) is 5.73 Å². The van der Waals surface area contributed by atoms with Crippen LogP contribution in [0.25, 0.3) is 0 Å². The highest BCUT2D eigenvalue weighted by Gasteiger charge is 2.52. The van der Waals surface area contributed by atoms with Gasteiger partial charge in [0.25, 0.3) is 11.2 Å². The lowest BCUT2D eigenvalue weighted by molar-refractivity contribution is -0.118. The van der Waals surface area contributed by atoms with Crippen LogP contribution < -0.4 is 11.1 Å². The Bertz CT molecular complexity index is 797. The normalized spacial score (nSPS) is 13.6. The summed E-state index contributed by atoms with van der Waals surface area (Å²) in [6.07, 6.45) is -0.769. The minimum absolute atomic E-state index is 0.00460. The lowest BCUT2D eigenvalue weighted by Gasteiger charge is -2.18. The predicted octanol–water partition coefficient (Wildman–Crippen LogP) is 2.00. The van der Waals surface area contributed by atoms with E-state index < -0.39 is 31.3 Å². The lowest BCUT2D eigenvalue weighted by Crippen LogP contribution is -2.50. The summed E-state index contributed by atoms with van der Waals surface area (Å²) in [6.45, 7) is 0. The minimum Gasteiger partial charge on any atom is -0.478 e. The second-order valence-electron chi connectivity index (χ2n) is 5.45. The van der Waals surface area contributed by atoms with E-state index >= 15 is 0 Å². The van der Waals surface area contributed by atoms with Crippen molar-refractivity contribution >= 4 is 25.4 Å². The van der Waals surface area contributed by atoms with Gasteiger partial charge in [0.2, 0.25) is 6.35 Å². The molecular weight excluding hydrogens is 343 g/mol. The van der Waals surface area contributed by atoms with Gasteiger partial charge >= 0.3 is 13.8 Å². The molecule has 2 rings (SSSR count). The number of carbonyl (C=O) groups excluding carboxylic acids is 1. The second kappa shape index (κ2) is 7.98. The van der Waals surface area contributed by atoms with E-state index in [0.717, 1.165) is 0 Å². The largest absolute Gasteiger partial charge is 0.478 e. The molecule has 0 radical (unpaired) electrons. The van der Waals surface area contributed by atoms with Crippen molar-refractivity contribution in [2.75, 3.05) is 11.7 Å². The summed E-state index contributed by atoms with van der Waals surface area (Å²) in [7, 11) is -2.45. The number of aliphatic hydroxyl groups is 1. The van der Waals surface area contributed by atoms with Crippen molar-refractivity contribution in [3.63, 3.8) is 0 Å². The van der Waals surface area contributed by atoms with Gasteiger partial charge in [0.05, 0.1) is 5.56 Å². The summed E-state index contributed by atoms with van der Waals surface area (Å²) in [4.78, 5) is 23.7. The fourth-order valence-electron chi connectivity index (χ4n) is 2.28. The van der Waals surface area contributed by atoms with Crippen LogP contribution in [0.2, 0.25) is 0 Å². The Hall–Kier alpha value is -2.60. The van der Waals surface area contributed by atoms with Gasteiger partial charge in [-0.15, -0.1) is 0 Å². The Kier molecular flexibility index (Phi) is 5.98. The zero-order valence-corrected chi connectivity index (χ0v) is 14.1. The van der Waals surface area contributed by atoms with E-state index in [4.69, 9.17) is 10.8 Å². The van der Waals surface area contributed by atoms with Gasteiger partial charge in [0, 0.05) is 12.1 Å². The Labute approximate surface area is 145 Å². The zero-order valence-electron chi connectivity index (χ0n) is 13.3. The number of hydrogen-bond acceptors (Lipinski definition) is 5. The molecule has 2 aromatic rings. The Morgan fingerprint density at radius 2 is 1.80 bits per heavy atom. The number of hydrogen-bond donors (Lipinski definition) is 4. The van der Waals surface area contributed by atoms with E-state index in [-0.39, 0.29) is 17.7 Å². The molecular formula is C17H18N2O5P+. The summed E-state index contributed by atoms with van der Waals surface area (Å²) >= 11 is 0. The third kappa shape index (κ3) is 4.48. The van der Waals surface area contributed by atoms with Crippen molar-refractivity contribution in [3.05, 3.63) is 65.7 Å². The monoisotopic (exact) mass is 361 g/mol. The molecule has 1 amide bonds. The summed E-state index contributed by atoms with van der Waals surface area (Å²) in [5.41, 5.74) is 7.00. The highest BCUT2D eigenvalue weighted by atomic mass is 31.1. The highest BCUT2D eigenvalue weighted by molar-refractivity contribution is 7.47. The van der Waals surface area contributed by atoms with Crippen LogP contribution in [-0.4, -0.2) is 33.7 Å². The van der Waals surface area contributed by atoms with Crippen LogP contribution in [-0.2, 0) is 15.8 Å². The van der Waals surface area contributed by atoms with Crippen LogP contribution in [0.5, 0.6) is 0 Å². The van der Waals surface area contributed by atoms with Crippen LogP contribution in [0, 0.1) is 0 Å². The van der Waals surface area contributed by atoms with Gasteiger partial charge in [-0.1, -0.05) is 41.0 Å². The average Bonchev–Trinajstić information content (AvgIpc) is 2.61. The number of carbonyl (C=O) groups is 2. The van der Waals surface area contributed by atoms with Gasteiger partial charge in [-0.3, -0.25) is 10.5 Å². The molecule has 0 fully saturated rings. The van der Waals surface area contributed by atoms with Crippen molar-refractivity contribution in [2.45, 2.75) is 11.7 Å². The van der Waals surface area contributed by atoms with E-state index in [1.165, 1.54) is 24.3 Å². The molecule has 0 saturated heterocycles. The quantitative estimate of drug-likeness (QED) is 0.558. The molecule has 0 aliphatic heterocycles. The number of nitrogens with two attached hydrogens (primary N) is 1. The molecule has 130 valence electrons. The average molecular weight is 361 g/mol. The molecule has 5 N–H and O–H groups in total. The summed E-state index contributed by atoms with van der Waals surface area (Å²) in [5.74, 6) is -1.89. The molecule has 25 heavy (non-hydrogen) atoms. The van der Waals surface area contributed by atoms with Crippen LogP contribution in [0.4, 0.5) is 5.69 Å². The van der Waals surface area contributed by atoms with Gasteiger partial charge in [-0.05, 0) is 23.8 Å². The zero-order chi connectivity index (χ0) is 18.4. The maximum absolute atomic E-state index is 12.6. The number of aliphatic hydroxyl groups excluding tert-OH is 1. The molecule has 8 heteroatoms. The molecule has 0 saturated carbocycles. The van der Waals surface area contributed by atoms with E-state index in [1.807, 2.05) is 0 Å². The van der Waals surface area contributed by atoms with Gasteiger partial charge in [0.15, 0.2) is 0 Å². The first-order valence-corrected chi connectivity index (χ1v) is 8.84. The molecule has 0 heterocycles. The molecule has 0 bridgehead atoms. The topological polar surface area (TPSA) is 130 Å². The molecule has 0 spiro atoms. The second-order valence-corrected chi connectivity index (χ2v) is 7.28. The summed E-state index contributed by atoms with van der Waals surface area (Å²) in [5, 5.41) is 18.9. The molecule has 7 nitrogen and oxygen atoms in total. The highest BCUT2D eigenvalue weighted by Crippen LogP contribution is 2.37.